The van der Waals surface area contributed by atoms with Gasteiger partial charge in [0, 0.05) is 18.4 Å². The molecule has 0 saturated heterocycles. The van der Waals surface area contributed by atoms with Gasteiger partial charge in [0.25, 0.3) is 0 Å². The Morgan fingerprint density at radius 3 is 2.93 bits per heavy atom. The van der Waals surface area contributed by atoms with Gasteiger partial charge in [-0.05, 0) is 16.7 Å². The SMILES string of the molecule is C[n+]1cccnc1SCCNS(C)(=O)=O. The van der Waals surface area contributed by atoms with Crippen molar-refractivity contribution in [2.75, 3.05) is 18.6 Å². The summed E-state index contributed by atoms with van der Waals surface area (Å²) in [6.45, 7) is 0.417. The summed E-state index contributed by atoms with van der Waals surface area (Å²) in [4.78, 5) is 4.16. The number of rotatable bonds is 5. The lowest BCUT2D eigenvalue weighted by molar-refractivity contribution is -0.713. The third-order valence-electron chi connectivity index (χ3n) is 1.58. The Balaban J connectivity index is 2.36. The number of nitrogens with zero attached hydrogens (tertiary/aromatic N) is 2. The maximum atomic E-state index is 10.8. The van der Waals surface area contributed by atoms with E-state index in [1.165, 1.54) is 11.8 Å². The molecule has 0 amide bonds. The van der Waals surface area contributed by atoms with Gasteiger partial charge in [-0.1, -0.05) is 0 Å². The molecule has 0 atom stereocenters. The molecule has 5 nitrogen and oxygen atoms in total. The second-order valence-corrected chi connectivity index (χ2v) is 5.92. The monoisotopic (exact) mass is 248 g/mol. The van der Waals surface area contributed by atoms with Crippen LogP contribution in [-0.4, -0.2) is 32.0 Å². The fourth-order valence-electron chi connectivity index (χ4n) is 0.938. The molecular weight excluding hydrogens is 234 g/mol. The fourth-order valence-corrected chi connectivity index (χ4v) is 2.33. The molecule has 0 saturated carbocycles. The van der Waals surface area contributed by atoms with Crippen LogP contribution in [0, 0.1) is 0 Å². The zero-order chi connectivity index (χ0) is 11.3. The summed E-state index contributed by atoms with van der Waals surface area (Å²) in [5, 5.41) is 0.868. The highest BCUT2D eigenvalue weighted by Crippen LogP contribution is 2.07. The van der Waals surface area contributed by atoms with E-state index in [4.69, 9.17) is 0 Å². The smallest absolute Gasteiger partial charge is 0.228 e. The lowest BCUT2D eigenvalue weighted by Crippen LogP contribution is -2.32. The van der Waals surface area contributed by atoms with Crippen molar-refractivity contribution < 1.29 is 13.0 Å². The molecule has 1 aromatic rings. The standard InChI is InChI=1S/C8H14N3O2S2/c1-11-6-3-4-9-8(11)14-7-5-10-15(2,12)13/h3-4,6,10H,5,7H2,1-2H3/q+1. The van der Waals surface area contributed by atoms with Crippen molar-refractivity contribution in [3.05, 3.63) is 18.5 Å². The predicted molar refractivity (Wildman–Crippen MR) is 59.0 cm³/mol. The minimum Gasteiger partial charge on any atom is -0.228 e. The summed E-state index contributed by atoms with van der Waals surface area (Å²) >= 11 is 1.51. The van der Waals surface area contributed by atoms with E-state index in [9.17, 15) is 8.42 Å². The summed E-state index contributed by atoms with van der Waals surface area (Å²) < 4.78 is 25.9. The second kappa shape index (κ2) is 5.43. The first-order valence-corrected chi connectivity index (χ1v) is 7.25. The molecule has 7 heteroatoms. The van der Waals surface area contributed by atoms with Crippen LogP contribution in [0.4, 0.5) is 0 Å². The Labute approximate surface area is 94.0 Å². The van der Waals surface area contributed by atoms with Crippen LogP contribution in [0.15, 0.2) is 23.6 Å². The third kappa shape index (κ3) is 5.10. The van der Waals surface area contributed by atoms with Gasteiger partial charge < -0.3 is 0 Å². The summed E-state index contributed by atoms with van der Waals surface area (Å²) in [6.07, 6.45) is 4.77. The van der Waals surface area contributed by atoms with Crippen molar-refractivity contribution >= 4 is 21.8 Å². The van der Waals surface area contributed by atoms with E-state index in [2.05, 4.69) is 9.71 Å². The van der Waals surface area contributed by atoms with Crippen LogP contribution in [0.25, 0.3) is 0 Å². The minimum absolute atomic E-state index is 0.417. The molecule has 0 fully saturated rings. The summed E-state index contributed by atoms with van der Waals surface area (Å²) in [7, 11) is -1.18. The molecule has 84 valence electrons. The van der Waals surface area contributed by atoms with Gasteiger partial charge in [0.1, 0.15) is 6.20 Å². The number of aromatic nitrogens is 2. The van der Waals surface area contributed by atoms with Crippen LogP contribution < -0.4 is 9.29 Å². The molecule has 1 rings (SSSR count). The first-order chi connectivity index (χ1) is 6.99. The number of hydrogen-bond acceptors (Lipinski definition) is 4. The Hall–Kier alpha value is -0.660. The minimum atomic E-state index is -3.08. The van der Waals surface area contributed by atoms with E-state index in [0.717, 1.165) is 11.4 Å². The van der Waals surface area contributed by atoms with Crippen LogP contribution in [0.1, 0.15) is 0 Å². The van der Waals surface area contributed by atoms with Crippen molar-refractivity contribution in [2.24, 2.45) is 7.05 Å². The van der Waals surface area contributed by atoms with E-state index >= 15 is 0 Å². The van der Waals surface area contributed by atoms with Gasteiger partial charge in [-0.2, -0.15) is 0 Å². The normalized spacial score (nSPS) is 11.6. The molecule has 0 unspecified atom stereocenters. The first kappa shape index (κ1) is 12.4. The van der Waals surface area contributed by atoms with Crippen LogP contribution in [0.3, 0.4) is 0 Å². The topological polar surface area (TPSA) is 62.9 Å². The molecule has 1 N–H and O–H groups in total. The lowest BCUT2D eigenvalue weighted by Gasteiger charge is -2.00. The zero-order valence-electron chi connectivity index (χ0n) is 8.67. The average molecular weight is 248 g/mol. The van der Waals surface area contributed by atoms with Crippen molar-refractivity contribution in [2.45, 2.75) is 5.16 Å². The summed E-state index contributed by atoms with van der Waals surface area (Å²) in [6, 6.07) is 1.85. The maximum absolute atomic E-state index is 10.8. The Bertz CT molecular complexity index is 420. The number of nitrogens with one attached hydrogen (secondary N) is 1. The van der Waals surface area contributed by atoms with Crippen molar-refractivity contribution in [1.29, 1.82) is 0 Å². The van der Waals surface area contributed by atoms with Gasteiger partial charge in [0.2, 0.25) is 10.0 Å². The molecule has 0 aliphatic heterocycles. The summed E-state index contributed by atoms with van der Waals surface area (Å²) in [5.41, 5.74) is 0. The van der Waals surface area contributed by atoms with E-state index in [0.29, 0.717) is 12.3 Å². The number of thioether (sulfide) groups is 1. The predicted octanol–water partition coefficient (Wildman–Crippen LogP) is -0.453. The van der Waals surface area contributed by atoms with Crippen LogP contribution >= 0.6 is 11.8 Å². The molecule has 0 aliphatic rings. The van der Waals surface area contributed by atoms with Gasteiger partial charge in [-0.15, -0.1) is 0 Å². The van der Waals surface area contributed by atoms with Crippen molar-refractivity contribution in [3.63, 3.8) is 0 Å². The van der Waals surface area contributed by atoms with Crippen molar-refractivity contribution in [1.82, 2.24) is 9.71 Å². The zero-order valence-corrected chi connectivity index (χ0v) is 10.3. The highest BCUT2D eigenvalue weighted by atomic mass is 32.2. The highest BCUT2D eigenvalue weighted by molar-refractivity contribution is 7.99. The van der Waals surface area contributed by atoms with Gasteiger partial charge in [-0.25, -0.2) is 17.7 Å². The molecule has 15 heavy (non-hydrogen) atoms. The van der Waals surface area contributed by atoms with Crippen LogP contribution in [0.5, 0.6) is 0 Å². The van der Waals surface area contributed by atoms with E-state index in [1.807, 2.05) is 23.9 Å². The molecule has 0 spiro atoms. The van der Waals surface area contributed by atoms with Crippen LogP contribution in [0.2, 0.25) is 0 Å². The lowest BCUT2D eigenvalue weighted by atomic mass is 10.7. The molecule has 0 bridgehead atoms. The molecule has 0 aliphatic carbocycles. The average Bonchev–Trinajstić information content (AvgIpc) is 2.13. The quantitative estimate of drug-likeness (QED) is 0.332. The highest BCUT2D eigenvalue weighted by Gasteiger charge is 2.08. The van der Waals surface area contributed by atoms with Gasteiger partial charge in [-0.3, -0.25) is 0 Å². The third-order valence-corrected chi connectivity index (χ3v) is 3.37. The number of hydrogen-bond donors (Lipinski definition) is 1. The maximum Gasteiger partial charge on any atom is 0.358 e. The second-order valence-electron chi connectivity index (χ2n) is 3.03. The molecule has 1 heterocycles. The fraction of sp³-hybridized carbons (Fsp3) is 0.500. The Morgan fingerprint density at radius 1 is 1.60 bits per heavy atom. The largest absolute Gasteiger partial charge is 0.358 e. The first-order valence-electron chi connectivity index (χ1n) is 4.37. The van der Waals surface area contributed by atoms with E-state index < -0.39 is 10.0 Å². The van der Waals surface area contributed by atoms with Crippen molar-refractivity contribution in [3.8, 4) is 0 Å². The molecule has 0 aromatic carbocycles. The van der Waals surface area contributed by atoms with Gasteiger partial charge in [0.05, 0.1) is 19.5 Å². The van der Waals surface area contributed by atoms with Gasteiger partial charge >= 0.3 is 5.16 Å². The van der Waals surface area contributed by atoms with Gasteiger partial charge in [0.15, 0.2) is 0 Å². The van der Waals surface area contributed by atoms with Crippen LogP contribution in [-0.2, 0) is 17.1 Å². The van der Waals surface area contributed by atoms with E-state index in [-0.39, 0.29) is 0 Å². The number of aryl methyl sites for hydroxylation is 1. The molecule has 0 radical (unpaired) electrons. The molecule has 1 aromatic heterocycles. The Morgan fingerprint density at radius 2 is 2.33 bits per heavy atom. The number of sulfonamides is 1. The Kier molecular flexibility index (Phi) is 4.49. The van der Waals surface area contributed by atoms with E-state index in [1.54, 1.807) is 6.20 Å². The summed E-state index contributed by atoms with van der Waals surface area (Å²) in [5.74, 6) is 0.665. The molecular formula is C8H14N3O2S2+.